The minimum absolute atomic E-state index is 0.0120. The van der Waals surface area contributed by atoms with E-state index in [1.165, 1.54) is 44.3 Å². The Morgan fingerprint density at radius 2 is 1.52 bits per heavy atom. The molecule has 1 aliphatic rings. The van der Waals surface area contributed by atoms with E-state index in [1.54, 1.807) is 0 Å². The molecule has 0 unspecified atom stereocenters. The number of hydrogen-bond acceptors (Lipinski definition) is 0. The maximum absolute atomic E-state index is 2.39. The van der Waals surface area contributed by atoms with Crippen LogP contribution in [0.2, 0.25) is 0 Å². The second kappa shape index (κ2) is 5.50. The van der Waals surface area contributed by atoms with E-state index in [4.69, 9.17) is 0 Å². The molecular weight excluding hydrogens is 328 g/mol. The summed E-state index contributed by atoms with van der Waals surface area (Å²) in [5.41, 5.74) is 9.41. The molecule has 2 aromatic heterocycles. The van der Waals surface area contributed by atoms with Gasteiger partial charge in [-0.25, -0.2) is 9.13 Å². The largest absolute Gasteiger partial charge is 0.212 e. The van der Waals surface area contributed by atoms with Gasteiger partial charge >= 0.3 is 0 Å². The number of rotatable bonds is 1. The van der Waals surface area contributed by atoms with Crippen LogP contribution in [0.15, 0.2) is 73.2 Å². The molecule has 2 aromatic carbocycles. The SMILES string of the molecule is C[n+]1ccc(-c2ccc3c(c2)C(C)(C)c2c[n+](C)c4ccccc4c2-3)cc1. The summed E-state index contributed by atoms with van der Waals surface area (Å²) in [5.74, 6) is 0. The summed E-state index contributed by atoms with van der Waals surface area (Å²) in [6, 6.07) is 20.1. The Morgan fingerprint density at radius 1 is 0.778 bits per heavy atom. The third-order valence-corrected chi connectivity index (χ3v) is 6.09. The summed E-state index contributed by atoms with van der Waals surface area (Å²) < 4.78 is 4.34. The second-order valence-electron chi connectivity index (χ2n) is 8.18. The quantitative estimate of drug-likeness (QED) is 0.447. The molecule has 0 atom stereocenters. The molecule has 1 aliphatic carbocycles. The molecule has 0 saturated heterocycles. The Hall–Kier alpha value is -3.00. The zero-order valence-corrected chi connectivity index (χ0v) is 16.3. The Balaban J connectivity index is 1.79. The standard InChI is InChI=1S/C25H24N2/c1-25(2)21-15-18(17-11-13-26(3)14-12-17)9-10-19(21)24-20-7-5-6-8-23(20)27(4)16-22(24)25/h5-16H,1-4H3/q+2. The average Bonchev–Trinajstić information content (AvgIpc) is 2.90. The van der Waals surface area contributed by atoms with Gasteiger partial charge in [-0.05, 0) is 34.4 Å². The second-order valence-corrected chi connectivity index (χ2v) is 8.18. The van der Waals surface area contributed by atoms with E-state index in [1.807, 2.05) is 0 Å². The van der Waals surface area contributed by atoms with Crippen molar-refractivity contribution in [3.8, 4) is 22.3 Å². The van der Waals surface area contributed by atoms with Gasteiger partial charge in [0.15, 0.2) is 18.6 Å². The Bertz CT molecular complexity index is 1200. The molecule has 27 heavy (non-hydrogen) atoms. The lowest BCUT2D eigenvalue weighted by molar-refractivity contribution is -0.671. The van der Waals surface area contributed by atoms with Crippen molar-refractivity contribution in [1.82, 2.24) is 0 Å². The third kappa shape index (κ3) is 2.26. The number of fused-ring (bicyclic) bond motifs is 5. The van der Waals surface area contributed by atoms with Crippen LogP contribution in [0, 0.1) is 0 Å². The highest BCUT2D eigenvalue weighted by Crippen LogP contribution is 2.51. The van der Waals surface area contributed by atoms with E-state index in [2.05, 4.69) is 110 Å². The average molecular weight is 352 g/mol. The zero-order valence-electron chi connectivity index (χ0n) is 16.3. The molecule has 2 heteroatoms. The molecule has 2 heterocycles. The molecule has 4 aromatic rings. The summed E-state index contributed by atoms with van der Waals surface area (Å²) in [4.78, 5) is 0. The predicted molar refractivity (Wildman–Crippen MR) is 109 cm³/mol. The van der Waals surface area contributed by atoms with Crippen LogP contribution >= 0.6 is 0 Å². The van der Waals surface area contributed by atoms with Crippen molar-refractivity contribution in [2.75, 3.05) is 0 Å². The van der Waals surface area contributed by atoms with Crippen LogP contribution in [-0.2, 0) is 19.5 Å². The maximum atomic E-state index is 2.39. The van der Waals surface area contributed by atoms with Crippen LogP contribution in [0.5, 0.6) is 0 Å². The molecular formula is C25H24N2+2. The van der Waals surface area contributed by atoms with E-state index in [9.17, 15) is 0 Å². The van der Waals surface area contributed by atoms with Crippen LogP contribution in [-0.4, -0.2) is 0 Å². The molecule has 0 aliphatic heterocycles. The van der Waals surface area contributed by atoms with Gasteiger partial charge in [0.2, 0.25) is 5.52 Å². The van der Waals surface area contributed by atoms with Gasteiger partial charge in [-0.15, -0.1) is 0 Å². The van der Waals surface area contributed by atoms with Gasteiger partial charge in [0.25, 0.3) is 0 Å². The fraction of sp³-hybridized carbons (Fsp3) is 0.200. The lowest BCUT2D eigenvalue weighted by Gasteiger charge is -2.21. The van der Waals surface area contributed by atoms with Gasteiger partial charge < -0.3 is 0 Å². The van der Waals surface area contributed by atoms with E-state index in [0.717, 1.165) is 0 Å². The smallest absolute Gasteiger partial charge is 0.208 e. The molecule has 0 saturated carbocycles. The summed E-state index contributed by atoms with van der Waals surface area (Å²) in [6.45, 7) is 4.70. The summed E-state index contributed by atoms with van der Waals surface area (Å²) >= 11 is 0. The molecule has 0 N–H and O–H groups in total. The molecule has 5 rings (SSSR count). The molecule has 0 fully saturated rings. The molecule has 0 radical (unpaired) electrons. The minimum Gasteiger partial charge on any atom is -0.208 e. The van der Waals surface area contributed by atoms with E-state index in [-0.39, 0.29) is 5.41 Å². The van der Waals surface area contributed by atoms with Gasteiger partial charge in [0, 0.05) is 34.7 Å². The van der Waals surface area contributed by atoms with E-state index in [0.29, 0.717) is 0 Å². The Labute approximate surface area is 160 Å². The molecule has 132 valence electrons. The van der Waals surface area contributed by atoms with Crippen molar-refractivity contribution < 1.29 is 9.13 Å². The first kappa shape index (κ1) is 16.2. The topological polar surface area (TPSA) is 7.76 Å². The highest BCUT2D eigenvalue weighted by molar-refractivity contribution is 5.99. The number of aromatic nitrogens is 2. The van der Waals surface area contributed by atoms with Crippen LogP contribution in [0.4, 0.5) is 0 Å². The van der Waals surface area contributed by atoms with Crippen molar-refractivity contribution in [3.63, 3.8) is 0 Å². The molecule has 0 spiro atoms. The van der Waals surface area contributed by atoms with Crippen LogP contribution in [0.1, 0.15) is 25.0 Å². The van der Waals surface area contributed by atoms with E-state index < -0.39 is 0 Å². The van der Waals surface area contributed by atoms with Gasteiger partial charge in [-0.1, -0.05) is 38.1 Å². The zero-order chi connectivity index (χ0) is 18.8. The van der Waals surface area contributed by atoms with Gasteiger partial charge in [0.05, 0.1) is 5.39 Å². The fourth-order valence-electron chi connectivity index (χ4n) is 4.53. The summed E-state index contributed by atoms with van der Waals surface area (Å²) in [7, 11) is 4.20. The van der Waals surface area contributed by atoms with Gasteiger partial charge in [0.1, 0.15) is 14.1 Å². The highest BCUT2D eigenvalue weighted by atomic mass is 14.9. The predicted octanol–water partition coefficient (Wildman–Crippen LogP) is 4.46. The van der Waals surface area contributed by atoms with Crippen molar-refractivity contribution in [2.24, 2.45) is 14.1 Å². The monoisotopic (exact) mass is 352 g/mol. The number of hydrogen-bond donors (Lipinski definition) is 0. The van der Waals surface area contributed by atoms with E-state index >= 15 is 0 Å². The summed E-state index contributed by atoms with van der Waals surface area (Å²) in [5, 5.41) is 1.34. The van der Waals surface area contributed by atoms with Crippen molar-refractivity contribution in [2.45, 2.75) is 19.3 Å². The first-order chi connectivity index (χ1) is 13.0. The number of pyridine rings is 2. The number of aryl methyl sites for hydroxylation is 2. The van der Waals surface area contributed by atoms with Gasteiger partial charge in [-0.3, -0.25) is 0 Å². The number of nitrogens with zero attached hydrogens (tertiary/aromatic N) is 2. The number of para-hydroxylation sites is 1. The lowest BCUT2D eigenvalue weighted by Crippen LogP contribution is -2.31. The third-order valence-electron chi connectivity index (χ3n) is 6.09. The molecule has 0 amide bonds. The van der Waals surface area contributed by atoms with Crippen LogP contribution in [0.25, 0.3) is 33.2 Å². The maximum Gasteiger partial charge on any atom is 0.212 e. The Kier molecular flexibility index (Phi) is 3.30. The van der Waals surface area contributed by atoms with Crippen molar-refractivity contribution in [3.05, 3.63) is 84.3 Å². The van der Waals surface area contributed by atoms with Gasteiger partial charge in [-0.2, -0.15) is 0 Å². The molecule has 2 nitrogen and oxygen atoms in total. The van der Waals surface area contributed by atoms with Crippen LogP contribution in [0.3, 0.4) is 0 Å². The normalized spacial score (nSPS) is 14.2. The Morgan fingerprint density at radius 3 is 2.30 bits per heavy atom. The first-order valence-corrected chi connectivity index (χ1v) is 9.49. The van der Waals surface area contributed by atoms with Crippen molar-refractivity contribution >= 4 is 10.9 Å². The lowest BCUT2D eigenvalue weighted by atomic mass is 9.82. The van der Waals surface area contributed by atoms with Crippen LogP contribution < -0.4 is 9.13 Å². The minimum atomic E-state index is -0.0120. The highest BCUT2D eigenvalue weighted by Gasteiger charge is 2.39. The number of benzene rings is 2. The fourth-order valence-corrected chi connectivity index (χ4v) is 4.53. The van der Waals surface area contributed by atoms with Crippen molar-refractivity contribution in [1.29, 1.82) is 0 Å². The first-order valence-electron chi connectivity index (χ1n) is 9.49. The molecule has 0 bridgehead atoms. The summed E-state index contributed by atoms with van der Waals surface area (Å²) in [6.07, 6.45) is 6.53.